The van der Waals surface area contributed by atoms with Crippen molar-refractivity contribution in [2.45, 2.75) is 163 Å². The zero-order valence-electron chi connectivity index (χ0n) is 31.4. The molecule has 5 aliphatic heterocycles. The van der Waals surface area contributed by atoms with Gasteiger partial charge >= 0.3 is 0 Å². The van der Waals surface area contributed by atoms with Crippen molar-refractivity contribution in [1.29, 1.82) is 0 Å². The van der Waals surface area contributed by atoms with Crippen LogP contribution in [0.5, 0.6) is 0 Å². The second-order valence-corrected chi connectivity index (χ2v) is 18.3. The molecule has 0 radical (unpaired) electrons. The van der Waals surface area contributed by atoms with E-state index in [0.717, 1.165) is 23.8 Å². The lowest BCUT2D eigenvalue weighted by atomic mass is 9.78. The minimum Gasteiger partial charge on any atom is -0.317 e. The van der Waals surface area contributed by atoms with Crippen LogP contribution in [0.3, 0.4) is 0 Å². The highest BCUT2D eigenvalue weighted by Gasteiger charge is 2.32. The first kappa shape index (κ1) is 38.2. The molecule has 5 saturated heterocycles. The summed E-state index contributed by atoms with van der Waals surface area (Å²) in [6.07, 6.45) is 18.3. The average molecular weight is 618 g/mol. The minimum absolute atomic E-state index is 0.369. The highest BCUT2D eigenvalue weighted by atomic mass is 15.2. The first-order chi connectivity index (χ1) is 20.7. The number of nitrogens with zero attached hydrogens (tertiary/aromatic N) is 3. The molecule has 1 unspecified atom stereocenters. The molecule has 5 aliphatic rings. The largest absolute Gasteiger partial charge is 0.317 e. The number of nitrogens with one attached hydrogen (secondary N) is 2. The standard InChI is InChI=1S/C14H28N2.C13H26N2.C12H25N/c1-14(2,3)16-10-6-13(7-11-16)12-4-8-15-9-5-12;1-13(2,3)15-9-6-11(7-10-15)12-5-4-8-14-12;1-12(2,3)8-4-5-9-13-10-6-7-11-13/h12-13,15H,4-11H2,1-3H3;11-12,14H,4-10H2,1-3H3;4-11H2,1-3H3. The molecule has 44 heavy (non-hydrogen) atoms. The maximum Gasteiger partial charge on any atom is 0.0125 e. The molecule has 0 amide bonds. The van der Waals surface area contributed by atoms with Crippen LogP contribution >= 0.6 is 0 Å². The summed E-state index contributed by atoms with van der Waals surface area (Å²) in [6, 6.07) is 0.840. The number of hydrogen-bond acceptors (Lipinski definition) is 5. The predicted octanol–water partition coefficient (Wildman–Crippen LogP) is 8.04. The normalized spacial score (nSPS) is 26.2. The van der Waals surface area contributed by atoms with E-state index in [0.29, 0.717) is 16.5 Å². The molecule has 260 valence electrons. The monoisotopic (exact) mass is 618 g/mol. The Morgan fingerprint density at radius 1 is 0.523 bits per heavy atom. The molecule has 1 atom stereocenters. The van der Waals surface area contributed by atoms with Gasteiger partial charge in [0.15, 0.2) is 0 Å². The molecule has 0 bridgehead atoms. The van der Waals surface area contributed by atoms with Gasteiger partial charge in [-0.05, 0) is 207 Å². The van der Waals surface area contributed by atoms with Crippen molar-refractivity contribution in [3.63, 3.8) is 0 Å². The zero-order valence-corrected chi connectivity index (χ0v) is 31.4. The van der Waals surface area contributed by atoms with E-state index in [2.05, 4.69) is 87.6 Å². The van der Waals surface area contributed by atoms with Gasteiger partial charge in [0.1, 0.15) is 0 Å². The summed E-state index contributed by atoms with van der Waals surface area (Å²) in [5.74, 6) is 2.98. The SMILES string of the molecule is CC(C)(C)CCCCN1CCCC1.CC(C)(C)N1CCC(C2CCCN2)CC1.CC(C)(C)N1CCC(C2CCNCC2)CC1. The molecule has 0 saturated carbocycles. The van der Waals surface area contributed by atoms with Crippen LogP contribution in [0.1, 0.15) is 146 Å². The van der Waals surface area contributed by atoms with E-state index in [1.54, 1.807) is 0 Å². The van der Waals surface area contributed by atoms with Crippen LogP contribution in [-0.2, 0) is 0 Å². The summed E-state index contributed by atoms with van der Waals surface area (Å²) in [5, 5.41) is 7.14. The molecule has 0 aromatic rings. The van der Waals surface area contributed by atoms with E-state index >= 15 is 0 Å². The average Bonchev–Trinajstić information content (AvgIpc) is 3.71. The molecule has 0 aromatic carbocycles. The molecule has 5 heteroatoms. The molecular weight excluding hydrogens is 538 g/mol. The van der Waals surface area contributed by atoms with Gasteiger partial charge in [-0.3, -0.25) is 9.80 Å². The van der Waals surface area contributed by atoms with E-state index in [9.17, 15) is 0 Å². The molecule has 5 fully saturated rings. The van der Waals surface area contributed by atoms with Gasteiger partial charge in [-0.15, -0.1) is 0 Å². The van der Waals surface area contributed by atoms with Crippen LogP contribution in [-0.4, -0.2) is 97.3 Å². The van der Waals surface area contributed by atoms with Crippen molar-refractivity contribution >= 4 is 0 Å². The van der Waals surface area contributed by atoms with Crippen molar-refractivity contribution < 1.29 is 0 Å². The first-order valence-corrected chi connectivity index (χ1v) is 19.4. The van der Waals surface area contributed by atoms with Gasteiger partial charge in [0.25, 0.3) is 0 Å². The lowest BCUT2D eigenvalue weighted by Crippen LogP contribution is -2.48. The number of piperidine rings is 3. The number of hydrogen-bond donors (Lipinski definition) is 2. The molecule has 2 N–H and O–H groups in total. The Balaban J connectivity index is 0.000000181. The maximum absolute atomic E-state index is 3.66. The summed E-state index contributed by atoms with van der Waals surface area (Å²) < 4.78 is 0. The van der Waals surface area contributed by atoms with E-state index < -0.39 is 0 Å². The summed E-state index contributed by atoms with van der Waals surface area (Å²) in [6.45, 7) is 34.1. The molecule has 5 nitrogen and oxygen atoms in total. The fraction of sp³-hybridized carbons (Fsp3) is 1.00. The quantitative estimate of drug-likeness (QED) is 0.295. The van der Waals surface area contributed by atoms with Crippen LogP contribution in [0, 0.1) is 23.2 Å². The third kappa shape index (κ3) is 14.3. The topological polar surface area (TPSA) is 33.8 Å². The third-order valence-corrected chi connectivity index (χ3v) is 11.5. The Labute approximate surface area is 276 Å². The van der Waals surface area contributed by atoms with Gasteiger partial charge in [0.2, 0.25) is 0 Å². The molecule has 5 rings (SSSR count). The fourth-order valence-corrected chi connectivity index (χ4v) is 8.44. The fourth-order valence-electron chi connectivity index (χ4n) is 8.44. The second-order valence-electron chi connectivity index (χ2n) is 18.3. The maximum atomic E-state index is 3.66. The highest BCUT2D eigenvalue weighted by molar-refractivity contribution is 4.89. The third-order valence-electron chi connectivity index (χ3n) is 11.5. The van der Waals surface area contributed by atoms with Crippen molar-refractivity contribution in [2.75, 3.05) is 65.4 Å². The summed E-state index contributed by atoms with van der Waals surface area (Å²) in [4.78, 5) is 7.91. The Morgan fingerprint density at radius 3 is 1.48 bits per heavy atom. The summed E-state index contributed by atoms with van der Waals surface area (Å²) in [7, 11) is 0. The summed E-state index contributed by atoms with van der Waals surface area (Å²) in [5.41, 5.74) is 1.28. The minimum atomic E-state index is 0.369. The lowest BCUT2D eigenvalue weighted by Gasteiger charge is -2.43. The Morgan fingerprint density at radius 2 is 1.02 bits per heavy atom. The smallest absolute Gasteiger partial charge is 0.0125 e. The van der Waals surface area contributed by atoms with E-state index in [1.165, 1.54) is 149 Å². The van der Waals surface area contributed by atoms with Crippen LogP contribution in [0.4, 0.5) is 0 Å². The van der Waals surface area contributed by atoms with Gasteiger partial charge in [0.05, 0.1) is 0 Å². The van der Waals surface area contributed by atoms with E-state index in [-0.39, 0.29) is 0 Å². The number of rotatable bonds is 6. The van der Waals surface area contributed by atoms with Gasteiger partial charge in [0, 0.05) is 17.1 Å². The Kier molecular flexibility index (Phi) is 16.0. The van der Waals surface area contributed by atoms with Crippen molar-refractivity contribution in [3.8, 4) is 0 Å². The number of unbranched alkanes of at least 4 members (excludes halogenated alkanes) is 1. The Bertz CT molecular complexity index is 728. The van der Waals surface area contributed by atoms with E-state index in [4.69, 9.17) is 0 Å². The number of likely N-dealkylation sites (tertiary alicyclic amines) is 3. The van der Waals surface area contributed by atoms with Crippen molar-refractivity contribution in [3.05, 3.63) is 0 Å². The van der Waals surface area contributed by atoms with Crippen molar-refractivity contribution in [2.24, 2.45) is 23.2 Å². The molecule has 0 spiro atoms. The van der Waals surface area contributed by atoms with Crippen LogP contribution in [0.25, 0.3) is 0 Å². The molecule has 5 heterocycles. The summed E-state index contributed by atoms with van der Waals surface area (Å²) >= 11 is 0. The van der Waals surface area contributed by atoms with Crippen LogP contribution < -0.4 is 10.6 Å². The van der Waals surface area contributed by atoms with Crippen molar-refractivity contribution in [1.82, 2.24) is 25.3 Å². The van der Waals surface area contributed by atoms with Gasteiger partial charge in [-0.2, -0.15) is 0 Å². The van der Waals surface area contributed by atoms with Crippen LogP contribution in [0.15, 0.2) is 0 Å². The molecular formula is C39H79N5. The highest BCUT2D eigenvalue weighted by Crippen LogP contribution is 2.33. The second kappa shape index (κ2) is 18.4. The first-order valence-electron chi connectivity index (χ1n) is 19.4. The Hall–Kier alpha value is -0.200. The van der Waals surface area contributed by atoms with Gasteiger partial charge < -0.3 is 15.5 Å². The molecule has 0 aromatic heterocycles. The van der Waals surface area contributed by atoms with Gasteiger partial charge in [-0.1, -0.05) is 27.2 Å². The van der Waals surface area contributed by atoms with E-state index in [1.807, 2.05) is 0 Å². The molecule has 0 aliphatic carbocycles. The zero-order chi connectivity index (χ0) is 32.2. The van der Waals surface area contributed by atoms with Crippen LogP contribution in [0.2, 0.25) is 0 Å². The predicted molar refractivity (Wildman–Crippen MR) is 194 cm³/mol. The lowest BCUT2D eigenvalue weighted by molar-refractivity contribution is 0.0642. The van der Waals surface area contributed by atoms with Gasteiger partial charge in [-0.25, -0.2) is 0 Å².